The van der Waals surface area contributed by atoms with Crippen molar-refractivity contribution >= 4 is 10.9 Å². The highest BCUT2D eigenvalue weighted by atomic mass is 16.5. The van der Waals surface area contributed by atoms with Gasteiger partial charge in [0.25, 0.3) is 5.56 Å². The number of methoxy groups -OCH3 is 1. The van der Waals surface area contributed by atoms with Crippen molar-refractivity contribution in [2.75, 3.05) is 26.9 Å². The monoisotopic (exact) mass is 289 g/mol. The predicted octanol–water partition coefficient (Wildman–Crippen LogP) is 0.818. The van der Waals surface area contributed by atoms with Gasteiger partial charge in [0.2, 0.25) is 0 Å². The van der Waals surface area contributed by atoms with Crippen LogP contribution in [-0.2, 0) is 16.0 Å². The van der Waals surface area contributed by atoms with Gasteiger partial charge in [-0.2, -0.15) is 0 Å². The number of ether oxygens (including phenoxy) is 2. The molecule has 1 saturated heterocycles. The molecule has 1 aliphatic heterocycles. The van der Waals surface area contributed by atoms with E-state index in [1.54, 1.807) is 13.2 Å². The first kappa shape index (κ1) is 14.2. The van der Waals surface area contributed by atoms with Gasteiger partial charge >= 0.3 is 0 Å². The Hall–Kier alpha value is -1.76. The Kier molecular flexibility index (Phi) is 4.01. The molecule has 1 aromatic carbocycles. The van der Waals surface area contributed by atoms with Crippen molar-refractivity contribution in [2.45, 2.75) is 18.6 Å². The summed E-state index contributed by atoms with van der Waals surface area (Å²) in [5, 5.41) is 3.90. The molecule has 1 aromatic heterocycles. The van der Waals surface area contributed by atoms with Gasteiger partial charge in [0, 0.05) is 26.7 Å². The number of para-hydroxylation sites is 1. The molecule has 0 saturated carbocycles. The molecule has 1 fully saturated rings. The minimum Gasteiger partial charge on any atom is -0.378 e. The molecule has 2 heterocycles. The SMILES string of the molecule is COC1(CNCc2nc3ccccc3c(=O)[nH]2)CCOC1. The first-order valence-electron chi connectivity index (χ1n) is 7.04. The summed E-state index contributed by atoms with van der Waals surface area (Å²) in [6.07, 6.45) is 0.873. The van der Waals surface area contributed by atoms with Crippen molar-refractivity contribution in [1.82, 2.24) is 15.3 Å². The Morgan fingerprint density at radius 2 is 2.33 bits per heavy atom. The molecule has 6 nitrogen and oxygen atoms in total. The van der Waals surface area contributed by atoms with Crippen LogP contribution in [0.25, 0.3) is 10.9 Å². The molecule has 0 aliphatic carbocycles. The minimum absolute atomic E-state index is 0.108. The second-order valence-corrected chi connectivity index (χ2v) is 5.32. The molecule has 0 radical (unpaired) electrons. The number of hydrogen-bond acceptors (Lipinski definition) is 5. The molecule has 1 atom stereocenters. The molecule has 21 heavy (non-hydrogen) atoms. The average Bonchev–Trinajstić information content (AvgIpc) is 2.97. The van der Waals surface area contributed by atoms with Crippen molar-refractivity contribution in [1.29, 1.82) is 0 Å². The third-order valence-electron chi connectivity index (χ3n) is 3.90. The van der Waals surface area contributed by atoms with Gasteiger partial charge in [-0.25, -0.2) is 4.98 Å². The van der Waals surface area contributed by atoms with Crippen molar-refractivity contribution in [3.8, 4) is 0 Å². The van der Waals surface area contributed by atoms with Crippen LogP contribution in [0.15, 0.2) is 29.1 Å². The number of aromatic amines is 1. The predicted molar refractivity (Wildman–Crippen MR) is 79.2 cm³/mol. The van der Waals surface area contributed by atoms with E-state index < -0.39 is 0 Å². The van der Waals surface area contributed by atoms with Gasteiger partial charge in [-0.1, -0.05) is 12.1 Å². The first-order chi connectivity index (χ1) is 10.2. The van der Waals surface area contributed by atoms with Gasteiger partial charge < -0.3 is 19.8 Å². The van der Waals surface area contributed by atoms with Crippen molar-refractivity contribution in [3.05, 3.63) is 40.4 Å². The van der Waals surface area contributed by atoms with Gasteiger partial charge in [0.05, 0.1) is 24.1 Å². The summed E-state index contributed by atoms with van der Waals surface area (Å²) in [5.74, 6) is 0.629. The highest BCUT2D eigenvalue weighted by Crippen LogP contribution is 2.21. The van der Waals surface area contributed by atoms with Crippen LogP contribution in [0.3, 0.4) is 0 Å². The summed E-state index contributed by atoms with van der Waals surface area (Å²) in [7, 11) is 1.70. The Labute approximate surface area is 122 Å². The molecule has 2 N–H and O–H groups in total. The fraction of sp³-hybridized carbons (Fsp3) is 0.467. The van der Waals surface area contributed by atoms with Crippen LogP contribution in [0.4, 0.5) is 0 Å². The zero-order valence-electron chi connectivity index (χ0n) is 12.0. The third kappa shape index (κ3) is 2.97. The molecule has 0 amide bonds. The van der Waals surface area contributed by atoms with E-state index in [0.29, 0.717) is 36.4 Å². The third-order valence-corrected chi connectivity index (χ3v) is 3.90. The molecule has 112 valence electrons. The second-order valence-electron chi connectivity index (χ2n) is 5.32. The number of nitrogens with one attached hydrogen (secondary N) is 2. The lowest BCUT2D eigenvalue weighted by molar-refractivity contribution is -0.0160. The van der Waals surface area contributed by atoms with Crippen molar-refractivity contribution < 1.29 is 9.47 Å². The standard InChI is InChI=1S/C15H19N3O3/c1-20-15(6-7-21-10-15)9-16-8-13-17-12-5-3-2-4-11(12)14(19)18-13/h2-5,16H,6-10H2,1H3,(H,17,18,19). The Morgan fingerprint density at radius 1 is 1.48 bits per heavy atom. The van der Waals surface area contributed by atoms with E-state index in [0.717, 1.165) is 13.0 Å². The van der Waals surface area contributed by atoms with Crippen LogP contribution < -0.4 is 10.9 Å². The van der Waals surface area contributed by atoms with E-state index in [-0.39, 0.29) is 11.2 Å². The number of H-pyrrole nitrogens is 1. The van der Waals surface area contributed by atoms with E-state index in [4.69, 9.17) is 9.47 Å². The van der Waals surface area contributed by atoms with E-state index in [1.807, 2.05) is 18.2 Å². The van der Waals surface area contributed by atoms with Crippen LogP contribution in [-0.4, -0.2) is 42.4 Å². The van der Waals surface area contributed by atoms with Gasteiger partial charge in [-0.15, -0.1) is 0 Å². The summed E-state index contributed by atoms with van der Waals surface area (Å²) >= 11 is 0. The zero-order chi connectivity index (χ0) is 14.7. The highest BCUT2D eigenvalue weighted by Gasteiger charge is 2.34. The average molecular weight is 289 g/mol. The number of rotatable bonds is 5. The Morgan fingerprint density at radius 3 is 3.10 bits per heavy atom. The summed E-state index contributed by atoms with van der Waals surface area (Å²) in [5.41, 5.74) is 0.337. The highest BCUT2D eigenvalue weighted by molar-refractivity contribution is 5.77. The molecular formula is C15H19N3O3. The lowest BCUT2D eigenvalue weighted by atomic mass is 10.0. The Balaban J connectivity index is 1.69. The molecule has 6 heteroatoms. The van der Waals surface area contributed by atoms with Gasteiger partial charge in [0.15, 0.2) is 0 Å². The maximum atomic E-state index is 12.0. The Bertz CT molecular complexity index is 677. The fourth-order valence-electron chi connectivity index (χ4n) is 2.59. The smallest absolute Gasteiger partial charge is 0.258 e. The molecule has 3 rings (SSSR count). The number of aromatic nitrogens is 2. The van der Waals surface area contributed by atoms with Crippen LogP contribution in [0, 0.1) is 0 Å². The summed E-state index contributed by atoms with van der Waals surface area (Å²) < 4.78 is 10.9. The molecule has 1 aliphatic rings. The van der Waals surface area contributed by atoms with E-state index >= 15 is 0 Å². The van der Waals surface area contributed by atoms with Crippen LogP contribution >= 0.6 is 0 Å². The second kappa shape index (κ2) is 5.93. The maximum absolute atomic E-state index is 12.0. The van der Waals surface area contributed by atoms with Crippen LogP contribution in [0.5, 0.6) is 0 Å². The topological polar surface area (TPSA) is 76.2 Å². The zero-order valence-corrected chi connectivity index (χ0v) is 12.0. The van der Waals surface area contributed by atoms with Gasteiger partial charge in [-0.3, -0.25) is 4.79 Å². The number of nitrogens with zero attached hydrogens (tertiary/aromatic N) is 1. The minimum atomic E-state index is -0.267. The van der Waals surface area contributed by atoms with E-state index in [9.17, 15) is 4.79 Å². The van der Waals surface area contributed by atoms with Gasteiger partial charge in [-0.05, 0) is 12.1 Å². The maximum Gasteiger partial charge on any atom is 0.258 e. The van der Waals surface area contributed by atoms with E-state index in [2.05, 4.69) is 15.3 Å². The molecule has 0 spiro atoms. The lowest BCUT2D eigenvalue weighted by Gasteiger charge is -2.25. The fourth-order valence-corrected chi connectivity index (χ4v) is 2.59. The van der Waals surface area contributed by atoms with Crippen LogP contribution in [0.1, 0.15) is 12.2 Å². The summed E-state index contributed by atoms with van der Waals surface area (Å²) in [4.78, 5) is 19.2. The number of hydrogen-bond donors (Lipinski definition) is 2. The number of fused-ring (bicyclic) bond motifs is 1. The molecule has 2 aromatic rings. The molecule has 0 bridgehead atoms. The summed E-state index contributed by atoms with van der Waals surface area (Å²) in [6.45, 7) is 2.48. The quantitative estimate of drug-likeness (QED) is 0.852. The summed E-state index contributed by atoms with van der Waals surface area (Å²) in [6, 6.07) is 7.32. The normalized spacial score (nSPS) is 22.0. The molecule has 1 unspecified atom stereocenters. The van der Waals surface area contributed by atoms with E-state index in [1.165, 1.54) is 0 Å². The lowest BCUT2D eigenvalue weighted by Crippen LogP contribution is -2.43. The van der Waals surface area contributed by atoms with Crippen molar-refractivity contribution in [2.24, 2.45) is 0 Å². The van der Waals surface area contributed by atoms with Crippen molar-refractivity contribution in [3.63, 3.8) is 0 Å². The first-order valence-corrected chi connectivity index (χ1v) is 7.04. The molecular weight excluding hydrogens is 270 g/mol. The van der Waals surface area contributed by atoms with Crippen LogP contribution in [0.2, 0.25) is 0 Å². The largest absolute Gasteiger partial charge is 0.378 e. The van der Waals surface area contributed by atoms with Gasteiger partial charge in [0.1, 0.15) is 11.4 Å². The number of benzene rings is 1.